The molecule has 0 saturated heterocycles. The summed E-state index contributed by atoms with van der Waals surface area (Å²) in [4.78, 5) is 12.6. The van der Waals surface area contributed by atoms with Crippen LogP contribution in [0.3, 0.4) is 0 Å². The summed E-state index contributed by atoms with van der Waals surface area (Å²) in [5, 5.41) is 4.74. The van der Waals surface area contributed by atoms with Crippen molar-refractivity contribution in [1.29, 1.82) is 0 Å². The molecule has 2 rings (SSSR count). The molecular formula is C14H15NO3S. The van der Waals surface area contributed by atoms with Gasteiger partial charge in [-0.15, -0.1) is 11.3 Å². The third-order valence-electron chi connectivity index (χ3n) is 2.67. The van der Waals surface area contributed by atoms with Crippen molar-refractivity contribution < 1.29 is 14.3 Å². The molecule has 0 aliphatic rings. The fourth-order valence-electron chi connectivity index (χ4n) is 1.69. The molecular weight excluding hydrogens is 262 g/mol. The van der Waals surface area contributed by atoms with Crippen molar-refractivity contribution in [2.24, 2.45) is 0 Å². The smallest absolute Gasteiger partial charge is 0.261 e. The van der Waals surface area contributed by atoms with Gasteiger partial charge in [-0.1, -0.05) is 6.07 Å². The zero-order chi connectivity index (χ0) is 13.7. The van der Waals surface area contributed by atoms with Crippen molar-refractivity contribution >= 4 is 17.2 Å². The molecule has 2 aromatic rings. The monoisotopic (exact) mass is 277 g/mol. The van der Waals surface area contributed by atoms with Gasteiger partial charge in [-0.3, -0.25) is 4.79 Å². The van der Waals surface area contributed by atoms with Gasteiger partial charge in [0.2, 0.25) is 0 Å². The standard InChI is InChI=1S/C14H15NO3S/c1-17-11-5-6-12(18-2)10(8-11)9-15-14(16)13-4-3-7-19-13/h3-8H,9H2,1-2H3,(H,15,16). The number of benzene rings is 1. The minimum atomic E-state index is -0.0835. The van der Waals surface area contributed by atoms with E-state index in [9.17, 15) is 4.79 Å². The number of hydrogen-bond donors (Lipinski definition) is 1. The molecule has 1 N–H and O–H groups in total. The van der Waals surface area contributed by atoms with Crippen LogP contribution < -0.4 is 14.8 Å². The lowest BCUT2D eigenvalue weighted by Crippen LogP contribution is -2.22. The summed E-state index contributed by atoms with van der Waals surface area (Å²) in [5.41, 5.74) is 0.881. The summed E-state index contributed by atoms with van der Waals surface area (Å²) in [6.45, 7) is 0.400. The predicted octanol–water partition coefficient (Wildman–Crippen LogP) is 2.70. The molecule has 1 heterocycles. The van der Waals surface area contributed by atoms with Gasteiger partial charge in [0.1, 0.15) is 11.5 Å². The number of rotatable bonds is 5. The molecule has 0 bridgehead atoms. The number of ether oxygens (including phenoxy) is 2. The number of nitrogens with one attached hydrogen (secondary N) is 1. The van der Waals surface area contributed by atoms with E-state index >= 15 is 0 Å². The topological polar surface area (TPSA) is 47.6 Å². The van der Waals surface area contributed by atoms with Crippen LogP contribution in [0.2, 0.25) is 0 Å². The zero-order valence-corrected chi connectivity index (χ0v) is 11.6. The van der Waals surface area contributed by atoms with E-state index in [0.29, 0.717) is 11.4 Å². The highest BCUT2D eigenvalue weighted by atomic mass is 32.1. The van der Waals surface area contributed by atoms with E-state index in [2.05, 4.69) is 5.32 Å². The highest BCUT2D eigenvalue weighted by molar-refractivity contribution is 7.12. The molecule has 0 radical (unpaired) electrons. The molecule has 0 aliphatic carbocycles. The first kappa shape index (κ1) is 13.4. The molecule has 0 atom stereocenters. The zero-order valence-electron chi connectivity index (χ0n) is 10.8. The van der Waals surface area contributed by atoms with Crippen molar-refractivity contribution in [3.05, 3.63) is 46.2 Å². The molecule has 1 amide bonds. The van der Waals surface area contributed by atoms with Crippen LogP contribution in [0, 0.1) is 0 Å². The van der Waals surface area contributed by atoms with E-state index in [-0.39, 0.29) is 5.91 Å². The molecule has 0 fully saturated rings. The average molecular weight is 277 g/mol. The van der Waals surface area contributed by atoms with Crippen molar-refractivity contribution in [3.63, 3.8) is 0 Å². The molecule has 1 aromatic heterocycles. The highest BCUT2D eigenvalue weighted by Gasteiger charge is 2.09. The number of hydrogen-bond acceptors (Lipinski definition) is 4. The van der Waals surface area contributed by atoms with Gasteiger partial charge in [0.25, 0.3) is 5.91 Å². The molecule has 0 aliphatic heterocycles. The lowest BCUT2D eigenvalue weighted by molar-refractivity contribution is 0.0954. The van der Waals surface area contributed by atoms with E-state index in [0.717, 1.165) is 17.1 Å². The van der Waals surface area contributed by atoms with Crippen LogP contribution in [0.5, 0.6) is 11.5 Å². The fourth-order valence-corrected chi connectivity index (χ4v) is 2.33. The molecule has 4 nitrogen and oxygen atoms in total. The average Bonchev–Trinajstić information content (AvgIpc) is 2.98. The van der Waals surface area contributed by atoms with Crippen LogP contribution in [0.4, 0.5) is 0 Å². The molecule has 100 valence electrons. The SMILES string of the molecule is COc1ccc(OC)c(CNC(=O)c2cccs2)c1. The van der Waals surface area contributed by atoms with Crippen LogP contribution in [0.25, 0.3) is 0 Å². The Morgan fingerprint density at radius 2 is 2.11 bits per heavy atom. The van der Waals surface area contributed by atoms with Gasteiger partial charge in [0, 0.05) is 12.1 Å². The Hall–Kier alpha value is -2.01. The maximum Gasteiger partial charge on any atom is 0.261 e. The van der Waals surface area contributed by atoms with Gasteiger partial charge in [-0.05, 0) is 29.6 Å². The minimum absolute atomic E-state index is 0.0835. The van der Waals surface area contributed by atoms with E-state index in [1.165, 1.54) is 11.3 Å². The first-order valence-electron chi connectivity index (χ1n) is 5.77. The van der Waals surface area contributed by atoms with Crippen LogP contribution in [-0.2, 0) is 6.54 Å². The van der Waals surface area contributed by atoms with Gasteiger partial charge >= 0.3 is 0 Å². The number of methoxy groups -OCH3 is 2. The number of carbonyl (C=O) groups is 1. The van der Waals surface area contributed by atoms with Gasteiger partial charge in [-0.25, -0.2) is 0 Å². The van der Waals surface area contributed by atoms with E-state index in [1.54, 1.807) is 20.3 Å². The molecule has 19 heavy (non-hydrogen) atoms. The number of thiophene rings is 1. The minimum Gasteiger partial charge on any atom is -0.497 e. The Balaban J connectivity index is 2.08. The van der Waals surface area contributed by atoms with Crippen LogP contribution >= 0.6 is 11.3 Å². The number of carbonyl (C=O) groups excluding carboxylic acids is 1. The summed E-state index contributed by atoms with van der Waals surface area (Å²) in [6, 6.07) is 9.15. The Bertz CT molecular complexity index is 552. The Labute approximate surface area is 116 Å². The van der Waals surface area contributed by atoms with Crippen LogP contribution in [0.15, 0.2) is 35.7 Å². The normalized spacial score (nSPS) is 10.0. The largest absolute Gasteiger partial charge is 0.497 e. The molecule has 5 heteroatoms. The predicted molar refractivity (Wildman–Crippen MR) is 75.0 cm³/mol. The summed E-state index contributed by atoms with van der Waals surface area (Å²) in [6.07, 6.45) is 0. The third-order valence-corrected chi connectivity index (χ3v) is 3.54. The van der Waals surface area contributed by atoms with E-state index < -0.39 is 0 Å². The van der Waals surface area contributed by atoms with Gasteiger partial charge in [0.05, 0.1) is 19.1 Å². The quantitative estimate of drug-likeness (QED) is 0.914. The van der Waals surface area contributed by atoms with Crippen molar-refractivity contribution in [1.82, 2.24) is 5.32 Å². The lowest BCUT2D eigenvalue weighted by Gasteiger charge is -2.11. The summed E-state index contributed by atoms with van der Waals surface area (Å²) in [5.74, 6) is 1.38. The first-order chi connectivity index (χ1) is 9.24. The summed E-state index contributed by atoms with van der Waals surface area (Å²) in [7, 11) is 3.21. The second-order valence-electron chi connectivity index (χ2n) is 3.84. The van der Waals surface area contributed by atoms with Crippen molar-refractivity contribution in [3.8, 4) is 11.5 Å². The van der Waals surface area contributed by atoms with Gasteiger partial charge in [0.15, 0.2) is 0 Å². The molecule has 0 spiro atoms. The number of amides is 1. The lowest BCUT2D eigenvalue weighted by atomic mass is 10.2. The van der Waals surface area contributed by atoms with Crippen molar-refractivity contribution in [2.75, 3.05) is 14.2 Å². The Kier molecular flexibility index (Phi) is 4.41. The van der Waals surface area contributed by atoms with Gasteiger partial charge in [-0.2, -0.15) is 0 Å². The van der Waals surface area contributed by atoms with Crippen LogP contribution in [-0.4, -0.2) is 20.1 Å². The van der Waals surface area contributed by atoms with E-state index in [4.69, 9.17) is 9.47 Å². The maximum atomic E-state index is 11.9. The Morgan fingerprint density at radius 3 is 2.74 bits per heavy atom. The second-order valence-corrected chi connectivity index (χ2v) is 4.79. The third kappa shape index (κ3) is 3.26. The maximum absolute atomic E-state index is 11.9. The second kappa shape index (κ2) is 6.24. The molecule has 1 aromatic carbocycles. The van der Waals surface area contributed by atoms with Crippen LogP contribution in [0.1, 0.15) is 15.2 Å². The Morgan fingerprint density at radius 1 is 1.26 bits per heavy atom. The molecule has 0 saturated carbocycles. The van der Waals surface area contributed by atoms with Gasteiger partial charge < -0.3 is 14.8 Å². The highest BCUT2D eigenvalue weighted by Crippen LogP contribution is 2.23. The molecule has 0 unspecified atom stereocenters. The summed E-state index contributed by atoms with van der Waals surface area (Å²) < 4.78 is 10.4. The van der Waals surface area contributed by atoms with Crippen molar-refractivity contribution in [2.45, 2.75) is 6.54 Å². The summed E-state index contributed by atoms with van der Waals surface area (Å²) >= 11 is 1.42. The first-order valence-corrected chi connectivity index (χ1v) is 6.65. The fraction of sp³-hybridized carbons (Fsp3) is 0.214. The van der Waals surface area contributed by atoms with E-state index in [1.807, 2.05) is 29.6 Å².